The summed E-state index contributed by atoms with van der Waals surface area (Å²) in [4.78, 5) is 28.8. The molecule has 2 N–H and O–H groups in total. The number of carboxylic acids is 1. The number of amides is 1. The first-order valence-corrected chi connectivity index (χ1v) is 11.4. The lowest BCUT2D eigenvalue weighted by Crippen LogP contribution is -2.19. The average Bonchev–Trinajstić information content (AvgIpc) is 3.21. The largest absolute Gasteiger partial charge is 0.503 e. The molecule has 4 rings (SSSR count). The van der Waals surface area contributed by atoms with Gasteiger partial charge in [0.15, 0.2) is 5.17 Å². The molecule has 1 aliphatic rings. The molecular formula is C27H22N2O5S. The summed E-state index contributed by atoms with van der Waals surface area (Å²) in [6.07, 6.45) is 3.00. The third-order valence-corrected chi connectivity index (χ3v) is 6.07. The fourth-order valence-electron chi connectivity index (χ4n) is 3.38. The Morgan fingerprint density at radius 1 is 0.943 bits per heavy atom. The van der Waals surface area contributed by atoms with Crippen LogP contribution in [-0.4, -0.2) is 36.4 Å². The summed E-state index contributed by atoms with van der Waals surface area (Å²) in [5.41, 5.74) is 4.16. The van der Waals surface area contributed by atoms with Crippen molar-refractivity contribution in [3.05, 3.63) is 95.1 Å². The predicted octanol–water partition coefficient (Wildman–Crippen LogP) is 5.33. The summed E-state index contributed by atoms with van der Waals surface area (Å²) >= 11 is 1.25. The van der Waals surface area contributed by atoms with Crippen LogP contribution in [0, 0.1) is 0 Å². The number of amidine groups is 1. The lowest BCUT2D eigenvalue weighted by molar-refractivity contribution is -0.130. The van der Waals surface area contributed by atoms with Gasteiger partial charge in [-0.05, 0) is 64.4 Å². The molecule has 176 valence electrons. The highest BCUT2D eigenvalue weighted by Crippen LogP contribution is 2.29. The molecular weight excluding hydrogens is 464 g/mol. The van der Waals surface area contributed by atoms with Crippen LogP contribution in [0.15, 0.2) is 89.0 Å². The van der Waals surface area contributed by atoms with Crippen LogP contribution in [0.1, 0.15) is 11.1 Å². The van der Waals surface area contributed by atoms with E-state index < -0.39 is 5.97 Å². The van der Waals surface area contributed by atoms with Gasteiger partial charge in [-0.1, -0.05) is 48.5 Å². The predicted molar refractivity (Wildman–Crippen MR) is 138 cm³/mol. The van der Waals surface area contributed by atoms with E-state index in [2.05, 4.69) is 10.3 Å². The van der Waals surface area contributed by atoms with Crippen molar-refractivity contribution in [1.82, 2.24) is 5.32 Å². The van der Waals surface area contributed by atoms with Gasteiger partial charge in [-0.3, -0.25) is 4.79 Å². The fourth-order valence-corrected chi connectivity index (χ4v) is 4.22. The van der Waals surface area contributed by atoms with Crippen molar-refractivity contribution >= 4 is 46.1 Å². The van der Waals surface area contributed by atoms with Gasteiger partial charge >= 0.3 is 5.97 Å². The molecule has 0 saturated carbocycles. The number of nitrogens with zero attached hydrogens (tertiary/aromatic N) is 1. The topological polar surface area (TPSA) is 97.2 Å². The van der Waals surface area contributed by atoms with E-state index >= 15 is 0 Å². The van der Waals surface area contributed by atoms with E-state index in [0.29, 0.717) is 21.3 Å². The zero-order valence-corrected chi connectivity index (χ0v) is 19.8. The molecule has 8 heteroatoms. The van der Waals surface area contributed by atoms with Gasteiger partial charge in [-0.15, -0.1) is 0 Å². The number of carbonyl (C=O) groups excluding carboxylic acids is 1. The monoisotopic (exact) mass is 486 g/mol. The Balaban J connectivity index is 1.47. The van der Waals surface area contributed by atoms with Crippen molar-refractivity contribution in [2.24, 2.45) is 4.99 Å². The molecule has 0 atom stereocenters. The summed E-state index contributed by atoms with van der Waals surface area (Å²) in [5, 5.41) is 12.5. The number of aliphatic carboxylic acids is 1. The van der Waals surface area contributed by atoms with Crippen molar-refractivity contribution in [3.8, 4) is 16.9 Å². The van der Waals surface area contributed by atoms with Gasteiger partial charge in [0.2, 0.25) is 0 Å². The summed E-state index contributed by atoms with van der Waals surface area (Å²) in [6.45, 7) is 0. The number of benzene rings is 3. The van der Waals surface area contributed by atoms with Crippen molar-refractivity contribution in [3.63, 3.8) is 0 Å². The Hall–Kier alpha value is -4.30. The Morgan fingerprint density at radius 2 is 1.57 bits per heavy atom. The van der Waals surface area contributed by atoms with Crippen molar-refractivity contribution in [2.75, 3.05) is 14.2 Å². The first-order valence-electron chi connectivity index (χ1n) is 10.6. The molecule has 0 bridgehead atoms. The van der Waals surface area contributed by atoms with Gasteiger partial charge in [0.05, 0.1) is 31.1 Å². The molecule has 35 heavy (non-hydrogen) atoms. The summed E-state index contributed by atoms with van der Waals surface area (Å²) in [7, 11) is 3.03. The Labute approximate surface area is 206 Å². The minimum absolute atomic E-state index is 0.0403. The van der Waals surface area contributed by atoms with Gasteiger partial charge in [0, 0.05) is 0 Å². The van der Waals surface area contributed by atoms with E-state index in [-0.39, 0.29) is 11.5 Å². The Kier molecular flexibility index (Phi) is 7.32. The van der Waals surface area contributed by atoms with E-state index in [0.717, 1.165) is 22.4 Å². The van der Waals surface area contributed by atoms with Crippen LogP contribution in [0.3, 0.4) is 0 Å². The van der Waals surface area contributed by atoms with Crippen LogP contribution >= 0.6 is 11.8 Å². The average molecular weight is 487 g/mol. The molecule has 3 aromatic rings. The highest BCUT2D eigenvalue weighted by Gasteiger charge is 2.23. The van der Waals surface area contributed by atoms with E-state index in [1.54, 1.807) is 31.4 Å². The molecule has 0 radical (unpaired) electrons. The first-order chi connectivity index (χ1) is 17.0. The highest BCUT2D eigenvalue weighted by atomic mass is 32.2. The quantitative estimate of drug-likeness (QED) is 0.346. The fraction of sp³-hybridized carbons (Fsp3) is 0.0741. The SMILES string of the molecule is COC=C(C(=O)O)c1ccc(N=C2NC(=O)C(=Cc3ccc(-c4ccc(OC)cc4)cc3)S2)cc1. The zero-order valence-electron chi connectivity index (χ0n) is 19.0. The number of ether oxygens (including phenoxy) is 2. The molecule has 1 aliphatic heterocycles. The van der Waals surface area contributed by atoms with E-state index in [1.165, 1.54) is 25.1 Å². The maximum absolute atomic E-state index is 12.4. The molecule has 1 amide bonds. The molecule has 1 fully saturated rings. The van der Waals surface area contributed by atoms with Crippen LogP contribution in [0.5, 0.6) is 5.75 Å². The third kappa shape index (κ3) is 5.80. The number of hydrogen-bond donors (Lipinski definition) is 2. The molecule has 1 heterocycles. The summed E-state index contributed by atoms with van der Waals surface area (Å²) in [6, 6.07) is 22.4. The molecule has 7 nitrogen and oxygen atoms in total. The molecule has 0 aromatic heterocycles. The standard InChI is InChI=1S/C27H22N2O5S/c1-33-16-23(26(31)32)20-7-11-21(12-8-20)28-27-29-25(30)24(35-27)15-17-3-5-18(6-4-17)19-9-13-22(34-2)14-10-19/h3-16H,1-2H3,(H,31,32)(H,28,29,30). The third-order valence-electron chi connectivity index (χ3n) is 5.16. The zero-order chi connectivity index (χ0) is 24.8. The molecule has 3 aromatic carbocycles. The number of methoxy groups -OCH3 is 2. The van der Waals surface area contributed by atoms with Crippen LogP contribution in [0.2, 0.25) is 0 Å². The maximum Gasteiger partial charge on any atom is 0.339 e. The molecule has 0 aliphatic carbocycles. The number of nitrogens with one attached hydrogen (secondary N) is 1. The molecule has 1 saturated heterocycles. The van der Waals surface area contributed by atoms with E-state index in [4.69, 9.17) is 9.47 Å². The van der Waals surface area contributed by atoms with Crippen LogP contribution in [-0.2, 0) is 14.3 Å². The number of carboxylic acid groups (broad SMARTS) is 1. The Morgan fingerprint density at radius 3 is 2.14 bits per heavy atom. The lowest BCUT2D eigenvalue weighted by Gasteiger charge is -2.04. The van der Waals surface area contributed by atoms with Gasteiger partial charge < -0.3 is 19.9 Å². The van der Waals surface area contributed by atoms with Crippen molar-refractivity contribution < 1.29 is 24.2 Å². The summed E-state index contributed by atoms with van der Waals surface area (Å²) < 4.78 is 10.0. The van der Waals surface area contributed by atoms with E-state index in [9.17, 15) is 14.7 Å². The van der Waals surface area contributed by atoms with Gasteiger partial charge in [-0.2, -0.15) is 0 Å². The van der Waals surface area contributed by atoms with Crippen LogP contribution in [0.25, 0.3) is 22.8 Å². The first kappa shape index (κ1) is 23.8. The molecule has 0 unspecified atom stereocenters. The normalized spacial score (nSPS) is 15.8. The molecule has 0 spiro atoms. The second-order valence-electron chi connectivity index (χ2n) is 7.45. The van der Waals surface area contributed by atoms with Gasteiger partial charge in [0.25, 0.3) is 5.91 Å². The lowest BCUT2D eigenvalue weighted by atomic mass is 10.0. The maximum atomic E-state index is 12.4. The van der Waals surface area contributed by atoms with Crippen LogP contribution in [0.4, 0.5) is 5.69 Å². The number of thioether (sulfide) groups is 1. The van der Waals surface area contributed by atoms with Crippen molar-refractivity contribution in [1.29, 1.82) is 0 Å². The smallest absolute Gasteiger partial charge is 0.339 e. The van der Waals surface area contributed by atoms with Crippen molar-refractivity contribution in [2.45, 2.75) is 0 Å². The minimum atomic E-state index is -1.09. The minimum Gasteiger partial charge on any atom is -0.503 e. The number of rotatable bonds is 7. The number of aliphatic imine (C=N–C) groups is 1. The number of carbonyl (C=O) groups is 2. The Bertz CT molecular complexity index is 1330. The van der Waals surface area contributed by atoms with Gasteiger partial charge in [-0.25, -0.2) is 9.79 Å². The second kappa shape index (κ2) is 10.8. The van der Waals surface area contributed by atoms with Crippen LogP contribution < -0.4 is 10.1 Å². The van der Waals surface area contributed by atoms with E-state index in [1.807, 2.05) is 54.6 Å². The summed E-state index contributed by atoms with van der Waals surface area (Å²) in [5.74, 6) is -0.502. The van der Waals surface area contributed by atoms with Gasteiger partial charge in [0.1, 0.15) is 11.3 Å². The highest BCUT2D eigenvalue weighted by molar-refractivity contribution is 8.18. The number of hydrogen-bond acceptors (Lipinski definition) is 6. The second-order valence-corrected chi connectivity index (χ2v) is 8.48.